The molecule has 1 aliphatic carbocycles. The highest BCUT2D eigenvalue weighted by molar-refractivity contribution is 5.73. The van der Waals surface area contributed by atoms with Gasteiger partial charge in [-0.2, -0.15) is 0 Å². The largest absolute Gasteiger partial charge is 0.466 e. The molecule has 3 heteroatoms. The zero-order valence-electron chi connectivity index (χ0n) is 11.8. The summed E-state index contributed by atoms with van der Waals surface area (Å²) in [6, 6.07) is 10.9. The van der Waals surface area contributed by atoms with Gasteiger partial charge in [-0.3, -0.25) is 4.79 Å². The summed E-state index contributed by atoms with van der Waals surface area (Å²) >= 11 is 0. The van der Waals surface area contributed by atoms with Crippen molar-refractivity contribution in [2.24, 2.45) is 5.92 Å². The standard InChI is InChI=1S/C16H23NO2/c1-3-19-16(18)14-10-7-11-15(14)17-12(2)13-8-5-4-6-9-13/h4-6,8-9,12,14-15,17H,3,7,10-11H2,1-2H3/t12-,14+,15-/m1/s1. The first-order valence-corrected chi connectivity index (χ1v) is 7.20. The van der Waals surface area contributed by atoms with E-state index >= 15 is 0 Å². The lowest BCUT2D eigenvalue weighted by Crippen LogP contribution is -2.38. The molecule has 0 radical (unpaired) electrons. The molecule has 1 fully saturated rings. The van der Waals surface area contributed by atoms with Crippen LogP contribution in [0.25, 0.3) is 0 Å². The number of hydrogen-bond acceptors (Lipinski definition) is 3. The molecule has 1 N–H and O–H groups in total. The van der Waals surface area contributed by atoms with E-state index in [0.717, 1.165) is 19.3 Å². The van der Waals surface area contributed by atoms with Gasteiger partial charge >= 0.3 is 5.97 Å². The third kappa shape index (κ3) is 3.57. The third-order valence-electron chi connectivity index (χ3n) is 3.87. The number of benzene rings is 1. The summed E-state index contributed by atoms with van der Waals surface area (Å²) in [5, 5.41) is 3.58. The van der Waals surface area contributed by atoms with Gasteiger partial charge in [-0.15, -0.1) is 0 Å². The molecule has 0 unspecified atom stereocenters. The zero-order valence-corrected chi connectivity index (χ0v) is 11.8. The summed E-state index contributed by atoms with van der Waals surface area (Å²) in [5.41, 5.74) is 1.26. The average Bonchev–Trinajstić information content (AvgIpc) is 2.88. The van der Waals surface area contributed by atoms with Crippen LogP contribution >= 0.6 is 0 Å². The number of nitrogens with one attached hydrogen (secondary N) is 1. The molecule has 0 aliphatic heterocycles. The van der Waals surface area contributed by atoms with Crippen LogP contribution in [0.5, 0.6) is 0 Å². The van der Waals surface area contributed by atoms with Crippen molar-refractivity contribution >= 4 is 5.97 Å². The first-order chi connectivity index (χ1) is 9.22. The molecule has 19 heavy (non-hydrogen) atoms. The van der Waals surface area contributed by atoms with Gasteiger partial charge in [0, 0.05) is 12.1 Å². The van der Waals surface area contributed by atoms with Crippen molar-refractivity contribution in [2.45, 2.75) is 45.2 Å². The monoisotopic (exact) mass is 261 g/mol. The Labute approximate surface area is 115 Å². The fourth-order valence-corrected chi connectivity index (χ4v) is 2.85. The molecule has 3 atom stereocenters. The molecule has 1 aromatic carbocycles. The van der Waals surface area contributed by atoms with Crippen molar-refractivity contribution in [3.05, 3.63) is 35.9 Å². The van der Waals surface area contributed by atoms with E-state index in [-0.39, 0.29) is 24.0 Å². The van der Waals surface area contributed by atoms with Crippen molar-refractivity contribution in [1.29, 1.82) is 0 Å². The Bertz CT molecular complexity index is 404. The minimum Gasteiger partial charge on any atom is -0.466 e. The smallest absolute Gasteiger partial charge is 0.310 e. The molecule has 0 aromatic heterocycles. The summed E-state index contributed by atoms with van der Waals surface area (Å²) in [6.45, 7) is 4.48. The van der Waals surface area contributed by atoms with Crippen LogP contribution < -0.4 is 5.32 Å². The number of rotatable bonds is 5. The van der Waals surface area contributed by atoms with Crippen LogP contribution in [0.15, 0.2) is 30.3 Å². The molecule has 1 aliphatic rings. The SMILES string of the molecule is CCOC(=O)[C@H]1CCC[C@H]1N[C@H](C)c1ccccc1. The number of hydrogen-bond donors (Lipinski definition) is 1. The van der Waals surface area contributed by atoms with Crippen molar-refractivity contribution in [3.63, 3.8) is 0 Å². The second-order valence-corrected chi connectivity index (χ2v) is 5.19. The topological polar surface area (TPSA) is 38.3 Å². The molecule has 0 bridgehead atoms. The van der Waals surface area contributed by atoms with Crippen LogP contribution in [0, 0.1) is 5.92 Å². The second kappa shape index (κ2) is 6.71. The summed E-state index contributed by atoms with van der Waals surface area (Å²) in [4.78, 5) is 11.9. The van der Waals surface area contributed by atoms with E-state index in [4.69, 9.17) is 4.74 Å². The van der Waals surface area contributed by atoms with E-state index in [1.54, 1.807) is 0 Å². The molecule has 2 rings (SSSR count). The maximum atomic E-state index is 11.9. The van der Waals surface area contributed by atoms with Gasteiger partial charge in [-0.25, -0.2) is 0 Å². The third-order valence-corrected chi connectivity index (χ3v) is 3.87. The van der Waals surface area contributed by atoms with Crippen LogP contribution in [0.4, 0.5) is 0 Å². The summed E-state index contributed by atoms with van der Waals surface area (Å²) in [5.74, 6) is -0.0242. The van der Waals surface area contributed by atoms with Gasteiger partial charge in [-0.1, -0.05) is 36.8 Å². The predicted octanol–water partition coefficient (Wildman–Crippen LogP) is 3.07. The highest BCUT2D eigenvalue weighted by Gasteiger charge is 2.34. The maximum Gasteiger partial charge on any atom is 0.310 e. The molecule has 0 heterocycles. The lowest BCUT2D eigenvalue weighted by molar-refractivity contribution is -0.148. The normalized spacial score (nSPS) is 24.1. The lowest BCUT2D eigenvalue weighted by atomic mass is 10.0. The Morgan fingerprint density at radius 1 is 1.37 bits per heavy atom. The molecule has 0 spiro atoms. The summed E-state index contributed by atoms with van der Waals surface area (Å²) in [6.07, 6.45) is 3.10. The van der Waals surface area contributed by atoms with E-state index in [1.165, 1.54) is 5.56 Å². The van der Waals surface area contributed by atoms with Gasteiger partial charge in [0.1, 0.15) is 0 Å². The van der Waals surface area contributed by atoms with Gasteiger partial charge in [0.05, 0.1) is 12.5 Å². The van der Waals surface area contributed by atoms with Gasteiger partial charge in [0.15, 0.2) is 0 Å². The maximum absolute atomic E-state index is 11.9. The van der Waals surface area contributed by atoms with Crippen LogP contribution in [0.1, 0.15) is 44.7 Å². The Kier molecular flexibility index (Phi) is 4.97. The van der Waals surface area contributed by atoms with Crippen LogP contribution in [-0.2, 0) is 9.53 Å². The molecule has 0 amide bonds. The van der Waals surface area contributed by atoms with Crippen LogP contribution in [0.3, 0.4) is 0 Å². The van der Waals surface area contributed by atoms with Crippen LogP contribution in [-0.4, -0.2) is 18.6 Å². The Morgan fingerprint density at radius 3 is 2.79 bits per heavy atom. The quantitative estimate of drug-likeness (QED) is 0.828. The molecular weight excluding hydrogens is 238 g/mol. The van der Waals surface area contributed by atoms with Gasteiger partial charge < -0.3 is 10.1 Å². The lowest BCUT2D eigenvalue weighted by Gasteiger charge is -2.24. The van der Waals surface area contributed by atoms with Crippen molar-refractivity contribution in [2.75, 3.05) is 6.61 Å². The van der Waals surface area contributed by atoms with Gasteiger partial charge in [0.2, 0.25) is 0 Å². The van der Waals surface area contributed by atoms with Gasteiger partial charge in [-0.05, 0) is 32.3 Å². The number of ether oxygens (including phenoxy) is 1. The minimum absolute atomic E-state index is 0.0195. The molecule has 1 saturated carbocycles. The molecule has 1 aromatic rings. The fourth-order valence-electron chi connectivity index (χ4n) is 2.85. The first-order valence-electron chi connectivity index (χ1n) is 7.20. The number of esters is 1. The number of carbonyl (C=O) groups excluding carboxylic acids is 1. The second-order valence-electron chi connectivity index (χ2n) is 5.19. The highest BCUT2D eigenvalue weighted by atomic mass is 16.5. The Hall–Kier alpha value is -1.35. The summed E-state index contributed by atoms with van der Waals surface area (Å²) in [7, 11) is 0. The van der Waals surface area contributed by atoms with Crippen LogP contribution in [0.2, 0.25) is 0 Å². The molecule has 3 nitrogen and oxygen atoms in total. The van der Waals surface area contributed by atoms with E-state index in [9.17, 15) is 4.79 Å². The molecular formula is C16H23NO2. The Morgan fingerprint density at radius 2 is 2.11 bits per heavy atom. The summed E-state index contributed by atoms with van der Waals surface area (Å²) < 4.78 is 5.16. The molecule has 0 saturated heterocycles. The number of carbonyl (C=O) groups is 1. The van der Waals surface area contributed by atoms with E-state index in [0.29, 0.717) is 6.61 Å². The fraction of sp³-hybridized carbons (Fsp3) is 0.562. The first kappa shape index (κ1) is 14.1. The van der Waals surface area contributed by atoms with Crippen molar-refractivity contribution in [1.82, 2.24) is 5.32 Å². The van der Waals surface area contributed by atoms with E-state index < -0.39 is 0 Å². The predicted molar refractivity (Wildman–Crippen MR) is 75.8 cm³/mol. The van der Waals surface area contributed by atoms with Crippen molar-refractivity contribution in [3.8, 4) is 0 Å². The van der Waals surface area contributed by atoms with Gasteiger partial charge in [0.25, 0.3) is 0 Å². The van der Waals surface area contributed by atoms with Crippen molar-refractivity contribution < 1.29 is 9.53 Å². The molecule has 104 valence electrons. The zero-order chi connectivity index (χ0) is 13.7. The van der Waals surface area contributed by atoms with E-state index in [2.05, 4.69) is 24.4 Å². The minimum atomic E-state index is -0.0437. The highest BCUT2D eigenvalue weighted by Crippen LogP contribution is 2.29. The Balaban J connectivity index is 1.96. The van der Waals surface area contributed by atoms with E-state index in [1.807, 2.05) is 25.1 Å². The average molecular weight is 261 g/mol.